The lowest BCUT2D eigenvalue weighted by Gasteiger charge is -2.06. The van der Waals surface area contributed by atoms with Gasteiger partial charge < -0.3 is 10.9 Å². The van der Waals surface area contributed by atoms with E-state index in [1.165, 1.54) is 49.7 Å². The van der Waals surface area contributed by atoms with Crippen molar-refractivity contribution in [2.75, 3.05) is 0 Å². The predicted octanol–water partition coefficient (Wildman–Crippen LogP) is 5.35. The van der Waals surface area contributed by atoms with Gasteiger partial charge in [0, 0.05) is 5.56 Å². The molecule has 2 aromatic rings. The summed E-state index contributed by atoms with van der Waals surface area (Å²) in [5.74, 6) is 0.135. The fourth-order valence-electron chi connectivity index (χ4n) is 2.86. The summed E-state index contributed by atoms with van der Waals surface area (Å²) in [6.07, 6.45) is 9.17. The molecule has 0 amide bonds. The van der Waals surface area contributed by atoms with Crippen LogP contribution in [0.1, 0.15) is 56.6 Å². The van der Waals surface area contributed by atoms with Crippen LogP contribution in [-0.2, 0) is 6.42 Å². The van der Waals surface area contributed by atoms with Crippen LogP contribution in [0, 0.1) is 0 Å². The number of hydrogen-bond acceptors (Lipinski definition) is 2. The molecule has 0 spiro atoms. The third kappa shape index (κ3) is 5.41. The molecule has 0 fully saturated rings. The second-order valence-electron chi connectivity index (χ2n) is 6.28. The van der Waals surface area contributed by atoms with Gasteiger partial charge in [-0.1, -0.05) is 92.7 Å². The van der Waals surface area contributed by atoms with Gasteiger partial charge in [-0.25, -0.2) is 0 Å². The molecule has 0 aromatic heterocycles. The summed E-state index contributed by atoms with van der Waals surface area (Å²) >= 11 is 0. The minimum absolute atomic E-state index is 0.135. The van der Waals surface area contributed by atoms with Crippen molar-refractivity contribution in [2.24, 2.45) is 10.9 Å². The van der Waals surface area contributed by atoms with Crippen LogP contribution >= 0.6 is 0 Å². The van der Waals surface area contributed by atoms with Crippen molar-refractivity contribution < 1.29 is 5.21 Å². The molecule has 2 aromatic carbocycles. The van der Waals surface area contributed by atoms with E-state index in [2.05, 4.69) is 36.3 Å². The number of benzene rings is 2. The average molecular weight is 324 g/mol. The number of nitrogens with two attached hydrogens (primary N) is 1. The predicted molar refractivity (Wildman–Crippen MR) is 101 cm³/mol. The van der Waals surface area contributed by atoms with Crippen molar-refractivity contribution in [3.05, 3.63) is 59.7 Å². The molecule has 0 saturated carbocycles. The lowest BCUT2D eigenvalue weighted by atomic mass is 10.00. The van der Waals surface area contributed by atoms with Crippen LogP contribution < -0.4 is 5.73 Å². The summed E-state index contributed by atoms with van der Waals surface area (Å²) < 4.78 is 0. The van der Waals surface area contributed by atoms with E-state index in [-0.39, 0.29) is 5.84 Å². The summed E-state index contributed by atoms with van der Waals surface area (Å²) in [6, 6.07) is 16.5. The standard InChI is InChI=1S/C21H28N2O/c1-2-3-4-5-6-7-8-17-9-11-18(12-10-17)19-13-15-20(16-14-19)21(22)23-24/h9-16,24H,2-8H2,1H3,(H2,22,23). The normalized spacial score (nSPS) is 11.6. The van der Waals surface area contributed by atoms with Gasteiger partial charge in [0.05, 0.1) is 0 Å². The van der Waals surface area contributed by atoms with Crippen LogP contribution in [-0.4, -0.2) is 11.0 Å². The monoisotopic (exact) mass is 324 g/mol. The van der Waals surface area contributed by atoms with Gasteiger partial charge in [-0.2, -0.15) is 0 Å². The minimum atomic E-state index is 0.135. The van der Waals surface area contributed by atoms with Crippen molar-refractivity contribution in [2.45, 2.75) is 51.9 Å². The lowest BCUT2D eigenvalue weighted by molar-refractivity contribution is 0.318. The molecule has 3 nitrogen and oxygen atoms in total. The number of hydrogen-bond donors (Lipinski definition) is 2. The van der Waals surface area contributed by atoms with Crippen LogP contribution in [0.3, 0.4) is 0 Å². The SMILES string of the molecule is CCCCCCCCc1ccc(-c2ccc(/C(N)=N/O)cc2)cc1. The lowest BCUT2D eigenvalue weighted by Crippen LogP contribution is -2.12. The van der Waals surface area contributed by atoms with Gasteiger partial charge in [-0.3, -0.25) is 0 Å². The van der Waals surface area contributed by atoms with Gasteiger partial charge in [0.25, 0.3) is 0 Å². The number of amidine groups is 1. The first-order chi connectivity index (χ1) is 11.7. The van der Waals surface area contributed by atoms with Gasteiger partial charge in [0.15, 0.2) is 5.84 Å². The molecule has 3 heteroatoms. The summed E-state index contributed by atoms with van der Waals surface area (Å²) in [4.78, 5) is 0. The molecule has 0 aliphatic carbocycles. The smallest absolute Gasteiger partial charge is 0.170 e. The largest absolute Gasteiger partial charge is 0.409 e. The molecule has 0 bridgehead atoms. The van der Waals surface area contributed by atoms with E-state index in [4.69, 9.17) is 10.9 Å². The molecule has 0 aliphatic rings. The Morgan fingerprint density at radius 3 is 1.96 bits per heavy atom. The molecule has 24 heavy (non-hydrogen) atoms. The molecule has 3 N–H and O–H groups in total. The average Bonchev–Trinajstić information content (AvgIpc) is 2.64. The zero-order valence-electron chi connectivity index (χ0n) is 14.5. The van der Waals surface area contributed by atoms with Crippen molar-refractivity contribution in [1.82, 2.24) is 0 Å². The Labute approximate surface area is 145 Å². The molecule has 0 radical (unpaired) electrons. The Balaban J connectivity index is 1.87. The topological polar surface area (TPSA) is 58.6 Å². The van der Waals surface area contributed by atoms with E-state index in [0.29, 0.717) is 0 Å². The van der Waals surface area contributed by atoms with Crippen molar-refractivity contribution in [3.8, 4) is 11.1 Å². The molecule has 0 heterocycles. The van der Waals surface area contributed by atoms with Crippen molar-refractivity contribution in [1.29, 1.82) is 0 Å². The number of oxime groups is 1. The first kappa shape index (κ1) is 18.1. The third-order valence-electron chi connectivity index (χ3n) is 4.39. The van der Waals surface area contributed by atoms with Crippen LogP contribution in [0.5, 0.6) is 0 Å². The molecule has 0 atom stereocenters. The highest BCUT2D eigenvalue weighted by atomic mass is 16.4. The maximum Gasteiger partial charge on any atom is 0.170 e. The maximum atomic E-state index is 8.70. The number of rotatable bonds is 9. The third-order valence-corrected chi connectivity index (χ3v) is 4.39. The Kier molecular flexibility index (Phi) is 7.34. The maximum absolute atomic E-state index is 8.70. The summed E-state index contributed by atoms with van der Waals surface area (Å²) in [7, 11) is 0. The quantitative estimate of drug-likeness (QED) is 0.215. The summed E-state index contributed by atoms with van der Waals surface area (Å²) in [5, 5.41) is 11.7. The number of aryl methyl sites for hydroxylation is 1. The van der Waals surface area contributed by atoms with E-state index in [1.807, 2.05) is 24.3 Å². The Morgan fingerprint density at radius 1 is 0.833 bits per heavy atom. The fraction of sp³-hybridized carbons (Fsp3) is 0.381. The van der Waals surface area contributed by atoms with Crippen LogP contribution in [0.25, 0.3) is 11.1 Å². The molecule has 0 aliphatic heterocycles. The number of nitrogens with zero attached hydrogens (tertiary/aromatic N) is 1. The first-order valence-corrected chi connectivity index (χ1v) is 8.92. The highest BCUT2D eigenvalue weighted by Crippen LogP contribution is 2.21. The van der Waals surface area contributed by atoms with Gasteiger partial charge >= 0.3 is 0 Å². The van der Waals surface area contributed by atoms with Gasteiger partial charge in [-0.05, 0) is 29.5 Å². The molecular formula is C21H28N2O. The van der Waals surface area contributed by atoms with Gasteiger partial charge in [-0.15, -0.1) is 0 Å². The Morgan fingerprint density at radius 2 is 1.38 bits per heavy atom. The first-order valence-electron chi connectivity index (χ1n) is 8.92. The van der Waals surface area contributed by atoms with E-state index >= 15 is 0 Å². The fourth-order valence-corrected chi connectivity index (χ4v) is 2.86. The van der Waals surface area contributed by atoms with E-state index in [9.17, 15) is 0 Å². The Hall–Kier alpha value is -2.29. The van der Waals surface area contributed by atoms with Gasteiger partial charge in [0.1, 0.15) is 0 Å². The molecule has 0 unspecified atom stereocenters. The number of unbranched alkanes of at least 4 members (excludes halogenated alkanes) is 5. The summed E-state index contributed by atoms with van der Waals surface area (Å²) in [6.45, 7) is 2.25. The molecule has 0 saturated heterocycles. The second kappa shape index (κ2) is 9.76. The van der Waals surface area contributed by atoms with E-state index < -0.39 is 0 Å². The zero-order chi connectivity index (χ0) is 17.2. The van der Waals surface area contributed by atoms with Crippen LogP contribution in [0.2, 0.25) is 0 Å². The van der Waals surface area contributed by atoms with E-state index in [0.717, 1.165) is 17.5 Å². The molecular weight excluding hydrogens is 296 g/mol. The van der Waals surface area contributed by atoms with Crippen LogP contribution in [0.15, 0.2) is 53.7 Å². The highest BCUT2D eigenvalue weighted by molar-refractivity contribution is 5.97. The summed E-state index contributed by atoms with van der Waals surface area (Å²) in [5.41, 5.74) is 10.0. The minimum Gasteiger partial charge on any atom is -0.409 e. The Bertz CT molecular complexity index is 630. The second-order valence-corrected chi connectivity index (χ2v) is 6.28. The zero-order valence-corrected chi connectivity index (χ0v) is 14.5. The van der Waals surface area contributed by atoms with Crippen molar-refractivity contribution >= 4 is 5.84 Å². The van der Waals surface area contributed by atoms with E-state index in [1.54, 1.807) is 0 Å². The van der Waals surface area contributed by atoms with Crippen LogP contribution in [0.4, 0.5) is 0 Å². The molecule has 128 valence electrons. The van der Waals surface area contributed by atoms with Crippen molar-refractivity contribution in [3.63, 3.8) is 0 Å². The molecule has 2 rings (SSSR count). The highest BCUT2D eigenvalue weighted by Gasteiger charge is 2.02. The van der Waals surface area contributed by atoms with Gasteiger partial charge in [0.2, 0.25) is 0 Å².